The van der Waals surface area contributed by atoms with Gasteiger partial charge in [0.05, 0.1) is 13.2 Å². The first-order chi connectivity index (χ1) is 12.4. The number of phenols is 1. The van der Waals surface area contributed by atoms with E-state index >= 15 is 0 Å². The number of para-hydroxylation sites is 2. The predicted molar refractivity (Wildman–Crippen MR) is 83.1 cm³/mol. The van der Waals surface area contributed by atoms with Crippen LogP contribution in [0.25, 0.3) is 0 Å². The molecule has 146 valence electrons. The van der Waals surface area contributed by atoms with Crippen molar-refractivity contribution in [1.29, 1.82) is 0 Å². The minimum Gasteiger partial charge on any atom is -0.504 e. The summed E-state index contributed by atoms with van der Waals surface area (Å²) < 4.78 is 21.2. The van der Waals surface area contributed by atoms with Crippen molar-refractivity contribution >= 4 is 0 Å². The van der Waals surface area contributed by atoms with E-state index in [0.717, 1.165) is 0 Å². The van der Waals surface area contributed by atoms with Crippen LogP contribution in [0.3, 0.4) is 0 Å². The van der Waals surface area contributed by atoms with E-state index in [1.807, 2.05) is 0 Å². The van der Waals surface area contributed by atoms with Crippen LogP contribution >= 0.6 is 0 Å². The van der Waals surface area contributed by atoms with Crippen LogP contribution in [-0.2, 0) is 14.2 Å². The first-order valence-electron chi connectivity index (χ1n) is 8.12. The molecule has 0 aliphatic carbocycles. The van der Waals surface area contributed by atoms with Crippen molar-refractivity contribution in [3.8, 4) is 11.5 Å². The Morgan fingerprint density at radius 3 is 2.19 bits per heavy atom. The molecular weight excluding hydrogens is 352 g/mol. The van der Waals surface area contributed by atoms with Gasteiger partial charge in [0.25, 0.3) is 0 Å². The highest BCUT2D eigenvalue weighted by atomic mass is 16.7. The summed E-state index contributed by atoms with van der Waals surface area (Å²) in [5, 5.41) is 59.1. The van der Waals surface area contributed by atoms with Crippen LogP contribution in [0.15, 0.2) is 24.3 Å². The van der Waals surface area contributed by atoms with Crippen molar-refractivity contribution in [2.45, 2.75) is 49.2 Å². The molecule has 1 aromatic carbocycles. The summed E-state index contributed by atoms with van der Waals surface area (Å²) in [6, 6.07) is 6.09. The Balaban J connectivity index is 1.59. The molecule has 0 amide bonds. The SMILES string of the molecule is Oc1ccccc1O[C@@H]1OC[C@@H](O[C@@H]2OC[C@@H](O)[C@H](O)[C@H]2O)[C@H](O)[C@H]1O. The van der Waals surface area contributed by atoms with Gasteiger partial charge in [0, 0.05) is 0 Å². The fourth-order valence-corrected chi connectivity index (χ4v) is 2.74. The zero-order valence-electron chi connectivity index (χ0n) is 13.7. The van der Waals surface area contributed by atoms with Crippen LogP contribution in [0.5, 0.6) is 11.5 Å². The maximum Gasteiger partial charge on any atom is 0.229 e. The van der Waals surface area contributed by atoms with Crippen molar-refractivity contribution in [2.75, 3.05) is 13.2 Å². The summed E-state index contributed by atoms with van der Waals surface area (Å²) in [7, 11) is 0. The minimum absolute atomic E-state index is 0.0752. The fraction of sp³-hybridized carbons (Fsp3) is 0.625. The predicted octanol–water partition coefficient (Wildman–Crippen LogP) is -2.33. The van der Waals surface area contributed by atoms with E-state index in [2.05, 4.69) is 0 Å². The molecule has 26 heavy (non-hydrogen) atoms. The van der Waals surface area contributed by atoms with Gasteiger partial charge in [-0.3, -0.25) is 0 Å². The average Bonchev–Trinajstić information content (AvgIpc) is 2.63. The van der Waals surface area contributed by atoms with Crippen molar-refractivity contribution < 1.29 is 49.6 Å². The van der Waals surface area contributed by atoms with Crippen LogP contribution in [0, 0.1) is 0 Å². The molecular formula is C16H22O10. The van der Waals surface area contributed by atoms with Gasteiger partial charge < -0.3 is 49.6 Å². The third-order valence-electron chi connectivity index (χ3n) is 4.31. The Bertz CT molecular complexity index is 598. The number of benzene rings is 1. The topological polar surface area (TPSA) is 158 Å². The molecule has 1 aromatic rings. The van der Waals surface area contributed by atoms with Crippen LogP contribution in [0.4, 0.5) is 0 Å². The third-order valence-corrected chi connectivity index (χ3v) is 4.31. The van der Waals surface area contributed by atoms with Crippen molar-refractivity contribution in [2.24, 2.45) is 0 Å². The normalized spacial score (nSPS) is 41.0. The molecule has 10 nitrogen and oxygen atoms in total. The molecule has 0 aromatic heterocycles. The van der Waals surface area contributed by atoms with Gasteiger partial charge in [0.2, 0.25) is 6.29 Å². The zero-order valence-corrected chi connectivity index (χ0v) is 13.7. The van der Waals surface area contributed by atoms with Gasteiger partial charge in [-0.15, -0.1) is 0 Å². The number of ether oxygens (including phenoxy) is 4. The number of aliphatic hydroxyl groups excluding tert-OH is 5. The van der Waals surface area contributed by atoms with Crippen molar-refractivity contribution in [3.05, 3.63) is 24.3 Å². The minimum atomic E-state index is -1.53. The third kappa shape index (κ3) is 3.92. The van der Waals surface area contributed by atoms with Gasteiger partial charge in [-0.2, -0.15) is 0 Å². The van der Waals surface area contributed by atoms with E-state index in [-0.39, 0.29) is 24.7 Å². The molecule has 2 aliphatic rings. The van der Waals surface area contributed by atoms with Crippen molar-refractivity contribution in [1.82, 2.24) is 0 Å². The molecule has 0 unspecified atom stereocenters. The quantitative estimate of drug-likeness (QED) is 0.338. The van der Waals surface area contributed by atoms with Gasteiger partial charge in [0.1, 0.15) is 36.6 Å². The van der Waals surface area contributed by atoms with E-state index in [4.69, 9.17) is 18.9 Å². The highest BCUT2D eigenvalue weighted by Gasteiger charge is 2.45. The first kappa shape index (κ1) is 19.3. The monoisotopic (exact) mass is 374 g/mol. The average molecular weight is 374 g/mol. The smallest absolute Gasteiger partial charge is 0.229 e. The summed E-state index contributed by atoms with van der Waals surface area (Å²) in [5.74, 6) is -0.0753. The Labute approximate surface area is 148 Å². The lowest BCUT2D eigenvalue weighted by atomic mass is 10.0. The molecule has 2 fully saturated rings. The fourth-order valence-electron chi connectivity index (χ4n) is 2.74. The largest absolute Gasteiger partial charge is 0.504 e. The number of hydrogen-bond acceptors (Lipinski definition) is 10. The molecule has 0 saturated carbocycles. The van der Waals surface area contributed by atoms with Crippen LogP contribution in [0.2, 0.25) is 0 Å². The maximum atomic E-state index is 10.2. The molecule has 0 spiro atoms. The lowest BCUT2D eigenvalue weighted by Crippen LogP contribution is -2.60. The Kier molecular flexibility index (Phi) is 5.95. The lowest BCUT2D eigenvalue weighted by molar-refractivity contribution is -0.320. The second-order valence-electron chi connectivity index (χ2n) is 6.19. The number of phenolic OH excluding ortho intramolecular Hbond substituents is 1. The van der Waals surface area contributed by atoms with Gasteiger partial charge in [0.15, 0.2) is 17.8 Å². The Morgan fingerprint density at radius 1 is 0.808 bits per heavy atom. The molecule has 3 rings (SSSR count). The summed E-state index contributed by atoms with van der Waals surface area (Å²) in [6.07, 6.45) is -10.8. The molecule has 8 atom stereocenters. The van der Waals surface area contributed by atoms with E-state index in [0.29, 0.717) is 0 Å². The van der Waals surface area contributed by atoms with Crippen LogP contribution in [0.1, 0.15) is 0 Å². The molecule has 0 bridgehead atoms. The molecule has 2 aliphatic heterocycles. The molecule has 0 radical (unpaired) electrons. The van der Waals surface area contributed by atoms with E-state index < -0.39 is 49.2 Å². The maximum absolute atomic E-state index is 10.2. The second kappa shape index (κ2) is 8.03. The molecule has 10 heteroatoms. The molecule has 6 N–H and O–H groups in total. The summed E-state index contributed by atoms with van der Waals surface area (Å²) in [4.78, 5) is 0. The van der Waals surface area contributed by atoms with Gasteiger partial charge in [-0.05, 0) is 12.1 Å². The zero-order chi connectivity index (χ0) is 18.8. The van der Waals surface area contributed by atoms with E-state index in [1.54, 1.807) is 12.1 Å². The first-order valence-corrected chi connectivity index (χ1v) is 8.12. The van der Waals surface area contributed by atoms with E-state index in [1.165, 1.54) is 12.1 Å². The van der Waals surface area contributed by atoms with Gasteiger partial charge in [-0.25, -0.2) is 0 Å². The molecule has 2 saturated heterocycles. The van der Waals surface area contributed by atoms with E-state index in [9.17, 15) is 30.6 Å². The second-order valence-corrected chi connectivity index (χ2v) is 6.19. The van der Waals surface area contributed by atoms with Crippen LogP contribution < -0.4 is 4.74 Å². The van der Waals surface area contributed by atoms with Gasteiger partial charge in [-0.1, -0.05) is 12.1 Å². The Hall–Kier alpha value is -1.50. The number of hydrogen-bond donors (Lipinski definition) is 6. The van der Waals surface area contributed by atoms with Crippen molar-refractivity contribution in [3.63, 3.8) is 0 Å². The lowest BCUT2D eigenvalue weighted by Gasteiger charge is -2.41. The van der Waals surface area contributed by atoms with Gasteiger partial charge >= 0.3 is 0 Å². The highest BCUT2D eigenvalue weighted by Crippen LogP contribution is 2.29. The Morgan fingerprint density at radius 2 is 1.46 bits per heavy atom. The number of aliphatic hydroxyl groups is 5. The standard InChI is InChI=1S/C16H22O10/c17-7-3-1-2-4-9(7)25-16-14(22)12(20)10(6-24-16)26-15-13(21)11(19)8(18)5-23-15/h1-4,8,10-22H,5-6H2/t8-,10-,11+,12+,13-,14-,15+,16+/m1/s1. The number of aromatic hydroxyl groups is 1. The summed E-state index contributed by atoms with van der Waals surface area (Å²) in [5.41, 5.74) is 0. The van der Waals surface area contributed by atoms with Crippen LogP contribution in [-0.4, -0.2) is 93.1 Å². The highest BCUT2D eigenvalue weighted by molar-refractivity contribution is 5.38. The number of rotatable bonds is 4. The summed E-state index contributed by atoms with van der Waals surface area (Å²) in [6.45, 7) is -0.462. The molecule has 2 heterocycles. The summed E-state index contributed by atoms with van der Waals surface area (Å²) >= 11 is 0.